The molecular formula is C27H29F4N7O2. The highest BCUT2D eigenvalue weighted by atomic mass is 19.3. The number of aryl methyl sites for hydroxylation is 1. The summed E-state index contributed by atoms with van der Waals surface area (Å²) in [6.45, 7) is 5.29. The van der Waals surface area contributed by atoms with Crippen LogP contribution in [0.2, 0.25) is 0 Å². The predicted octanol–water partition coefficient (Wildman–Crippen LogP) is 4.52. The molecular weight excluding hydrogens is 530 g/mol. The second-order valence-electron chi connectivity index (χ2n) is 10.2. The van der Waals surface area contributed by atoms with Gasteiger partial charge in [0.05, 0.1) is 62.6 Å². The fraction of sp³-hybridized carbons (Fsp3) is 0.444. The van der Waals surface area contributed by atoms with Crippen molar-refractivity contribution >= 4 is 22.5 Å². The molecule has 0 radical (unpaired) electrons. The number of aromatic nitrogens is 5. The van der Waals surface area contributed by atoms with E-state index in [-0.39, 0.29) is 46.5 Å². The van der Waals surface area contributed by atoms with Crippen molar-refractivity contribution in [3.05, 3.63) is 48.9 Å². The van der Waals surface area contributed by atoms with Crippen molar-refractivity contribution in [1.82, 2.24) is 29.0 Å². The van der Waals surface area contributed by atoms with Crippen LogP contribution in [0, 0.1) is 11.6 Å². The van der Waals surface area contributed by atoms with Crippen LogP contribution in [-0.4, -0.2) is 80.5 Å². The van der Waals surface area contributed by atoms with Gasteiger partial charge in [0, 0.05) is 13.1 Å². The summed E-state index contributed by atoms with van der Waals surface area (Å²) in [7, 11) is 1.34. The fourth-order valence-corrected chi connectivity index (χ4v) is 5.39. The highest BCUT2D eigenvalue weighted by molar-refractivity contribution is 5.90. The molecule has 212 valence electrons. The summed E-state index contributed by atoms with van der Waals surface area (Å²) in [6, 6.07) is 1.65. The van der Waals surface area contributed by atoms with Crippen molar-refractivity contribution < 1.29 is 27.0 Å². The van der Waals surface area contributed by atoms with Gasteiger partial charge in [0.25, 0.3) is 5.92 Å². The van der Waals surface area contributed by atoms with E-state index in [1.807, 2.05) is 0 Å². The van der Waals surface area contributed by atoms with Crippen LogP contribution in [0.4, 0.5) is 23.5 Å². The molecule has 13 heteroatoms. The Labute approximate surface area is 227 Å². The van der Waals surface area contributed by atoms with Crippen LogP contribution in [0.15, 0.2) is 37.3 Å². The highest BCUT2D eigenvalue weighted by Gasteiger charge is 2.47. The molecule has 1 aromatic carbocycles. The van der Waals surface area contributed by atoms with Gasteiger partial charge in [-0.25, -0.2) is 27.1 Å². The third kappa shape index (κ3) is 4.66. The zero-order valence-corrected chi connectivity index (χ0v) is 21.9. The number of unbranched alkanes of at least 4 members (excludes halogenated alkanes) is 1. The van der Waals surface area contributed by atoms with Crippen molar-refractivity contribution in [2.24, 2.45) is 0 Å². The molecule has 5 heterocycles. The molecule has 6 rings (SSSR count). The zero-order valence-electron chi connectivity index (χ0n) is 21.9. The number of fused-ring (bicyclic) bond motifs is 2. The van der Waals surface area contributed by atoms with Crippen molar-refractivity contribution in [3.8, 4) is 17.0 Å². The Hall–Kier alpha value is -3.71. The first-order valence-corrected chi connectivity index (χ1v) is 13.1. The Morgan fingerprint density at radius 2 is 2.08 bits per heavy atom. The van der Waals surface area contributed by atoms with E-state index in [0.29, 0.717) is 31.8 Å². The Balaban J connectivity index is 1.33. The van der Waals surface area contributed by atoms with Crippen LogP contribution >= 0.6 is 0 Å². The lowest BCUT2D eigenvalue weighted by Gasteiger charge is -2.44. The van der Waals surface area contributed by atoms with Gasteiger partial charge in [-0.3, -0.25) is 4.90 Å². The molecule has 2 aliphatic rings. The number of allylic oxidation sites excluding steroid dienone is 1. The van der Waals surface area contributed by atoms with E-state index in [9.17, 15) is 0 Å². The average Bonchev–Trinajstić information content (AvgIpc) is 3.44. The third-order valence-electron chi connectivity index (χ3n) is 7.59. The van der Waals surface area contributed by atoms with Crippen LogP contribution in [0.5, 0.6) is 5.88 Å². The molecule has 3 aromatic heterocycles. The second kappa shape index (κ2) is 10.4. The molecule has 4 aromatic rings. The average molecular weight is 560 g/mol. The molecule has 0 bridgehead atoms. The summed E-state index contributed by atoms with van der Waals surface area (Å²) in [4.78, 5) is 10.2. The lowest BCUT2D eigenvalue weighted by molar-refractivity contribution is -0.131. The Bertz CT molecular complexity index is 1570. The maximum absolute atomic E-state index is 15.4. The number of halogens is 4. The standard InChI is InChI=1S/C27H29F4N7O2/c1-3-4-5-7-37-15-32-23-18(28)9-16(10-20(23)37)22-19(29)11-38-24(22)25(39-2)34-26(35-38)33-21-6-8-36(14-27(21,30)31)17-12-40-13-17/h3,9-11,15,17,21H,1,4-8,12-14H2,2H3,(H,33,35)/t21-/m1/s1. The van der Waals surface area contributed by atoms with E-state index in [0.717, 1.165) is 19.0 Å². The number of hydrogen-bond donors (Lipinski definition) is 1. The fourth-order valence-electron chi connectivity index (χ4n) is 5.39. The molecule has 0 aliphatic carbocycles. The first-order valence-electron chi connectivity index (χ1n) is 13.1. The summed E-state index contributed by atoms with van der Waals surface area (Å²) in [5.41, 5.74) is 1.12. The van der Waals surface area contributed by atoms with Gasteiger partial charge in [0.15, 0.2) is 11.6 Å². The molecule has 1 atom stereocenters. The molecule has 2 saturated heterocycles. The molecule has 2 aliphatic heterocycles. The highest BCUT2D eigenvalue weighted by Crippen LogP contribution is 2.37. The topological polar surface area (TPSA) is 81.7 Å². The molecule has 0 unspecified atom stereocenters. The van der Waals surface area contributed by atoms with Gasteiger partial charge in [0.2, 0.25) is 11.8 Å². The summed E-state index contributed by atoms with van der Waals surface area (Å²) in [5.74, 6) is -4.51. The zero-order chi connectivity index (χ0) is 28.0. The summed E-state index contributed by atoms with van der Waals surface area (Å²) in [6.07, 6.45) is 6.19. The van der Waals surface area contributed by atoms with Crippen LogP contribution in [0.25, 0.3) is 27.7 Å². The Kier molecular flexibility index (Phi) is 6.87. The first kappa shape index (κ1) is 26.5. The van der Waals surface area contributed by atoms with Gasteiger partial charge >= 0.3 is 0 Å². The lowest BCUT2D eigenvalue weighted by Crippen LogP contribution is -2.61. The van der Waals surface area contributed by atoms with Crippen molar-refractivity contribution in [2.45, 2.75) is 43.8 Å². The molecule has 0 amide bonds. The van der Waals surface area contributed by atoms with Crippen LogP contribution in [0.3, 0.4) is 0 Å². The summed E-state index contributed by atoms with van der Waals surface area (Å²) < 4.78 is 74.1. The van der Waals surface area contributed by atoms with E-state index in [2.05, 4.69) is 27.0 Å². The van der Waals surface area contributed by atoms with E-state index < -0.39 is 30.1 Å². The first-order chi connectivity index (χ1) is 19.3. The monoisotopic (exact) mass is 559 g/mol. The van der Waals surface area contributed by atoms with Gasteiger partial charge in [-0.1, -0.05) is 6.08 Å². The maximum atomic E-state index is 15.4. The van der Waals surface area contributed by atoms with Gasteiger partial charge < -0.3 is 19.4 Å². The second-order valence-corrected chi connectivity index (χ2v) is 10.2. The summed E-state index contributed by atoms with van der Waals surface area (Å²) in [5, 5.41) is 6.99. The molecule has 2 fully saturated rings. The van der Waals surface area contributed by atoms with Gasteiger partial charge in [-0.15, -0.1) is 11.7 Å². The molecule has 9 nitrogen and oxygen atoms in total. The molecule has 1 N–H and O–H groups in total. The SMILES string of the molecule is C=CCCCn1cnc2c(F)cc(-c3c(F)cn4nc(N[C@@H]5CCN(C6COC6)CC5(F)F)nc(OC)c34)cc21. The normalized spacial score (nSPS) is 19.7. The van der Waals surface area contributed by atoms with Crippen LogP contribution < -0.4 is 10.1 Å². The predicted molar refractivity (Wildman–Crippen MR) is 141 cm³/mol. The largest absolute Gasteiger partial charge is 0.479 e. The van der Waals surface area contributed by atoms with Crippen LogP contribution in [-0.2, 0) is 11.3 Å². The summed E-state index contributed by atoms with van der Waals surface area (Å²) >= 11 is 0. The minimum Gasteiger partial charge on any atom is -0.479 e. The number of nitrogens with one attached hydrogen (secondary N) is 1. The maximum Gasteiger partial charge on any atom is 0.280 e. The number of anilines is 1. The number of nitrogens with zero attached hydrogens (tertiary/aromatic N) is 6. The van der Waals surface area contributed by atoms with Crippen LogP contribution in [0.1, 0.15) is 19.3 Å². The third-order valence-corrected chi connectivity index (χ3v) is 7.59. The number of benzene rings is 1. The number of imidazole rings is 1. The minimum absolute atomic E-state index is 0.00984. The van der Waals surface area contributed by atoms with Crippen molar-refractivity contribution in [3.63, 3.8) is 0 Å². The van der Waals surface area contributed by atoms with E-state index in [1.165, 1.54) is 17.7 Å². The molecule has 0 saturated carbocycles. The van der Waals surface area contributed by atoms with Gasteiger partial charge in [-0.2, -0.15) is 4.98 Å². The van der Waals surface area contributed by atoms with E-state index >= 15 is 17.6 Å². The Morgan fingerprint density at radius 1 is 1.25 bits per heavy atom. The number of methoxy groups -OCH3 is 1. The van der Waals surface area contributed by atoms with E-state index in [4.69, 9.17) is 9.47 Å². The number of likely N-dealkylation sites (tertiary alicyclic amines) is 1. The number of rotatable bonds is 9. The van der Waals surface area contributed by atoms with Crippen molar-refractivity contribution in [1.29, 1.82) is 0 Å². The van der Waals surface area contributed by atoms with Crippen molar-refractivity contribution in [2.75, 3.05) is 38.7 Å². The van der Waals surface area contributed by atoms with Gasteiger partial charge in [0.1, 0.15) is 11.0 Å². The molecule has 40 heavy (non-hydrogen) atoms. The minimum atomic E-state index is -3.05. The molecule has 0 spiro atoms. The Morgan fingerprint density at radius 3 is 2.77 bits per heavy atom. The number of hydrogen-bond acceptors (Lipinski definition) is 7. The van der Waals surface area contributed by atoms with Gasteiger partial charge in [-0.05, 0) is 37.0 Å². The number of piperidine rings is 1. The van der Waals surface area contributed by atoms with E-state index in [1.54, 1.807) is 27.9 Å². The quantitative estimate of drug-likeness (QED) is 0.184. The number of alkyl halides is 2. The smallest absolute Gasteiger partial charge is 0.280 e. The number of ether oxygens (including phenoxy) is 2. The lowest BCUT2D eigenvalue weighted by atomic mass is 9.98.